The van der Waals surface area contributed by atoms with Crippen LogP contribution in [-0.4, -0.2) is 42.6 Å². The highest BCUT2D eigenvalue weighted by Crippen LogP contribution is 2.08. The molecular weight excluding hydrogens is 238 g/mol. The zero-order chi connectivity index (χ0) is 13.3. The first-order valence-electron chi connectivity index (χ1n) is 6.39. The van der Waals surface area contributed by atoms with E-state index in [1.807, 2.05) is 0 Å². The van der Waals surface area contributed by atoms with Crippen LogP contribution >= 0.6 is 0 Å². The molecule has 0 aromatic rings. The Kier molecular flexibility index (Phi) is 8.43. The van der Waals surface area contributed by atoms with Crippen LogP contribution in [0.2, 0.25) is 0 Å². The van der Waals surface area contributed by atoms with Crippen molar-refractivity contribution < 1.29 is 17.5 Å². The Labute approximate surface area is 105 Å². The predicted molar refractivity (Wildman–Crippen MR) is 69.7 cm³/mol. The summed E-state index contributed by atoms with van der Waals surface area (Å²) in [7, 11) is -3.92. The fraction of sp³-hybridized carbons (Fsp3) is 0.917. The molecule has 0 unspecified atom stereocenters. The summed E-state index contributed by atoms with van der Waals surface area (Å²) in [5.74, 6) is 0. The molecule has 0 bridgehead atoms. The van der Waals surface area contributed by atoms with E-state index in [-0.39, 0.29) is 0 Å². The largest absolute Gasteiger partial charge is 0.748 e. The molecule has 0 radical (unpaired) electrons. The van der Waals surface area contributed by atoms with Crippen molar-refractivity contribution in [3.63, 3.8) is 0 Å². The third kappa shape index (κ3) is 10.5. The van der Waals surface area contributed by atoms with Gasteiger partial charge in [-0.2, -0.15) is 0 Å². The lowest BCUT2D eigenvalue weighted by Gasteiger charge is -1.99. The van der Waals surface area contributed by atoms with E-state index in [0.717, 1.165) is 0 Å². The van der Waals surface area contributed by atoms with E-state index in [0.29, 0.717) is 6.26 Å². The second-order valence-electron chi connectivity index (χ2n) is 4.42. The van der Waals surface area contributed by atoms with Gasteiger partial charge in [0.2, 0.25) is 0 Å². The van der Waals surface area contributed by atoms with Gasteiger partial charge in [0.25, 0.3) is 0 Å². The molecule has 5 heteroatoms. The monoisotopic (exact) mass is 263 g/mol. The second-order valence-corrected chi connectivity index (χ2v) is 5.83. The van der Waals surface area contributed by atoms with Gasteiger partial charge in [0, 0.05) is 31.9 Å². The van der Waals surface area contributed by atoms with Crippen LogP contribution in [0.4, 0.5) is 0 Å². The molecule has 1 aliphatic rings. The van der Waals surface area contributed by atoms with Crippen molar-refractivity contribution in [3.05, 3.63) is 0 Å². The number of hydrogen-bond acceptors (Lipinski definition) is 3. The number of unbranched alkanes of at least 4 members (excludes halogenated alkanes) is 2. The van der Waals surface area contributed by atoms with Crippen molar-refractivity contribution in [3.8, 4) is 0 Å². The van der Waals surface area contributed by atoms with Crippen LogP contribution < -0.4 is 0 Å². The van der Waals surface area contributed by atoms with Crippen molar-refractivity contribution in [1.29, 1.82) is 0 Å². The molecule has 4 nitrogen and oxygen atoms in total. The van der Waals surface area contributed by atoms with Crippen LogP contribution in [0, 0.1) is 0 Å². The summed E-state index contributed by atoms with van der Waals surface area (Å²) >= 11 is 0. The van der Waals surface area contributed by atoms with Gasteiger partial charge in [-0.25, -0.2) is 13.0 Å². The minimum atomic E-state index is -3.92. The molecule has 17 heavy (non-hydrogen) atoms. The first-order chi connectivity index (χ1) is 7.88. The molecule has 0 saturated heterocycles. The van der Waals surface area contributed by atoms with Gasteiger partial charge in [-0.15, -0.1) is 0 Å². The minimum absolute atomic E-state index is 0.604. The highest BCUT2D eigenvalue weighted by Gasteiger charge is 2.19. The third-order valence-corrected chi connectivity index (χ3v) is 2.78. The summed E-state index contributed by atoms with van der Waals surface area (Å²) < 4.78 is 29.8. The van der Waals surface area contributed by atoms with E-state index in [1.165, 1.54) is 51.6 Å². The summed E-state index contributed by atoms with van der Waals surface area (Å²) in [5.41, 5.74) is 1.70. The lowest BCUT2D eigenvalue weighted by atomic mass is 10.2. The summed E-state index contributed by atoms with van der Waals surface area (Å²) in [6.45, 7) is 7.20. The van der Waals surface area contributed by atoms with Gasteiger partial charge in [-0.3, -0.25) is 0 Å². The van der Waals surface area contributed by atoms with Gasteiger partial charge in [0.05, 0.1) is 10.1 Å². The number of nitrogens with zero attached hydrogens (tertiary/aromatic N) is 1. The van der Waals surface area contributed by atoms with E-state index in [2.05, 4.69) is 18.4 Å². The third-order valence-electron chi connectivity index (χ3n) is 2.78. The fourth-order valence-corrected chi connectivity index (χ4v) is 2.01. The number of rotatable bonds is 5. The van der Waals surface area contributed by atoms with Gasteiger partial charge >= 0.3 is 0 Å². The first kappa shape index (κ1) is 16.6. The second kappa shape index (κ2) is 8.64. The Morgan fingerprint density at radius 1 is 1.29 bits per heavy atom. The molecule has 0 aromatic carbocycles. The Morgan fingerprint density at radius 3 is 2.35 bits per heavy atom. The average Bonchev–Trinajstić information content (AvgIpc) is 2.63. The van der Waals surface area contributed by atoms with Crippen molar-refractivity contribution >= 4 is 15.8 Å². The van der Waals surface area contributed by atoms with E-state index in [9.17, 15) is 0 Å². The first-order valence-corrected chi connectivity index (χ1v) is 8.20. The predicted octanol–water partition coefficient (Wildman–Crippen LogP) is 2.00. The van der Waals surface area contributed by atoms with Crippen molar-refractivity contribution in [2.75, 3.05) is 19.3 Å². The Hall–Kier alpha value is -0.420. The highest BCUT2D eigenvalue weighted by molar-refractivity contribution is 7.84. The molecule has 1 rings (SSSR count). The SMILES string of the molecule is CCCCC[N+]1=C(CC)CCC1.CS(=O)(=O)[O-]. The molecule has 0 spiro atoms. The molecule has 0 N–H and O–H groups in total. The van der Waals surface area contributed by atoms with Gasteiger partial charge in [-0.05, 0) is 6.42 Å². The minimum Gasteiger partial charge on any atom is -0.748 e. The van der Waals surface area contributed by atoms with Crippen LogP contribution in [-0.2, 0) is 10.1 Å². The van der Waals surface area contributed by atoms with E-state index < -0.39 is 10.1 Å². The molecule has 0 saturated carbocycles. The van der Waals surface area contributed by atoms with Crippen LogP contribution in [0.5, 0.6) is 0 Å². The quantitative estimate of drug-likeness (QED) is 0.433. The molecule has 1 heterocycles. The maximum absolute atomic E-state index is 9.08. The number of hydrogen-bond donors (Lipinski definition) is 0. The van der Waals surface area contributed by atoms with Crippen molar-refractivity contribution in [2.24, 2.45) is 0 Å². The Balaban J connectivity index is 0.000000437. The van der Waals surface area contributed by atoms with E-state index in [1.54, 1.807) is 5.71 Å². The molecule has 1 aliphatic heterocycles. The molecule has 0 amide bonds. The summed E-state index contributed by atoms with van der Waals surface area (Å²) in [4.78, 5) is 0. The molecule has 0 aromatic heterocycles. The molecule has 0 aliphatic carbocycles. The summed E-state index contributed by atoms with van der Waals surface area (Å²) in [6.07, 6.45) is 8.76. The Morgan fingerprint density at radius 2 is 1.88 bits per heavy atom. The van der Waals surface area contributed by atoms with E-state index in [4.69, 9.17) is 13.0 Å². The Bertz CT molecular complexity index is 326. The van der Waals surface area contributed by atoms with Crippen molar-refractivity contribution in [2.45, 2.75) is 52.4 Å². The maximum atomic E-state index is 9.08. The average molecular weight is 263 g/mol. The van der Waals surface area contributed by atoms with Gasteiger partial charge < -0.3 is 4.55 Å². The van der Waals surface area contributed by atoms with Crippen molar-refractivity contribution in [1.82, 2.24) is 0 Å². The molecule has 0 atom stereocenters. The molecular formula is C12H25NO3S. The van der Waals surface area contributed by atoms with Gasteiger partial charge in [-0.1, -0.05) is 20.3 Å². The summed E-state index contributed by atoms with van der Waals surface area (Å²) in [6, 6.07) is 0. The van der Waals surface area contributed by atoms with Gasteiger partial charge in [0.1, 0.15) is 13.1 Å². The zero-order valence-corrected chi connectivity index (χ0v) is 12.1. The lowest BCUT2D eigenvalue weighted by Crippen LogP contribution is -2.16. The van der Waals surface area contributed by atoms with Gasteiger partial charge in [0.15, 0.2) is 5.71 Å². The summed E-state index contributed by atoms with van der Waals surface area (Å²) in [5, 5.41) is 0. The standard InChI is InChI=1S/C11H22N.CH4O3S/c1-3-5-6-9-12-10-7-8-11(12)4-2;1-5(2,3)4/h3-10H2,1-2H3;1H3,(H,2,3,4)/q+1;/p-1. The maximum Gasteiger partial charge on any atom is 0.152 e. The topological polar surface area (TPSA) is 60.2 Å². The zero-order valence-electron chi connectivity index (χ0n) is 11.2. The van der Waals surface area contributed by atoms with Crippen LogP contribution in [0.1, 0.15) is 52.4 Å². The van der Waals surface area contributed by atoms with Crippen LogP contribution in [0.25, 0.3) is 0 Å². The smallest absolute Gasteiger partial charge is 0.152 e. The lowest BCUT2D eigenvalue weighted by molar-refractivity contribution is -0.521. The van der Waals surface area contributed by atoms with Crippen LogP contribution in [0.3, 0.4) is 0 Å². The molecule has 102 valence electrons. The fourth-order valence-electron chi connectivity index (χ4n) is 2.01. The highest BCUT2D eigenvalue weighted by atomic mass is 32.2. The normalized spacial score (nSPS) is 15.8. The van der Waals surface area contributed by atoms with E-state index >= 15 is 0 Å². The van der Waals surface area contributed by atoms with Crippen LogP contribution in [0.15, 0.2) is 0 Å². The molecule has 0 fully saturated rings.